The second-order valence-corrected chi connectivity index (χ2v) is 4.56. The van der Waals surface area contributed by atoms with Gasteiger partial charge in [0.05, 0.1) is 5.56 Å². The van der Waals surface area contributed by atoms with E-state index in [0.29, 0.717) is 23.0 Å². The Bertz CT molecular complexity index is 391. The van der Waals surface area contributed by atoms with E-state index in [-0.39, 0.29) is 0 Å². The molecular formula is C12H17N3OS. The van der Waals surface area contributed by atoms with Gasteiger partial charge < -0.3 is 10.5 Å². The van der Waals surface area contributed by atoms with Crippen LogP contribution in [0, 0.1) is 0 Å². The first-order chi connectivity index (χ1) is 8.27. The molecule has 0 aliphatic carbocycles. The highest BCUT2D eigenvalue weighted by atomic mass is 32.1. The molecule has 2 heterocycles. The minimum Gasteiger partial charge on any atom is -0.476 e. The van der Waals surface area contributed by atoms with Gasteiger partial charge in [0.2, 0.25) is 5.88 Å². The molecule has 0 amide bonds. The molecule has 1 aromatic heterocycles. The maximum atomic E-state index is 5.64. The van der Waals surface area contributed by atoms with Crippen LogP contribution in [0.1, 0.15) is 18.4 Å². The van der Waals surface area contributed by atoms with Crippen LogP contribution in [0.15, 0.2) is 18.3 Å². The van der Waals surface area contributed by atoms with E-state index in [1.54, 1.807) is 6.20 Å². The molecule has 2 N–H and O–H groups in total. The average Bonchev–Trinajstić information content (AvgIpc) is 2.82. The van der Waals surface area contributed by atoms with Crippen LogP contribution in [-0.4, -0.2) is 41.1 Å². The van der Waals surface area contributed by atoms with Crippen LogP contribution in [0.3, 0.4) is 0 Å². The van der Waals surface area contributed by atoms with Gasteiger partial charge >= 0.3 is 0 Å². The summed E-state index contributed by atoms with van der Waals surface area (Å²) in [7, 11) is 0. The Morgan fingerprint density at radius 2 is 2.24 bits per heavy atom. The van der Waals surface area contributed by atoms with E-state index in [1.807, 2.05) is 12.1 Å². The summed E-state index contributed by atoms with van der Waals surface area (Å²) in [5.74, 6) is 0.541. The van der Waals surface area contributed by atoms with Crippen molar-refractivity contribution in [3.8, 4) is 5.88 Å². The average molecular weight is 251 g/mol. The van der Waals surface area contributed by atoms with Gasteiger partial charge in [-0.3, -0.25) is 4.90 Å². The SMILES string of the molecule is NC(=S)c1cccnc1OCCN1CCCC1. The van der Waals surface area contributed by atoms with Crippen molar-refractivity contribution in [1.29, 1.82) is 0 Å². The van der Waals surface area contributed by atoms with Crippen LogP contribution in [0.25, 0.3) is 0 Å². The fraction of sp³-hybridized carbons (Fsp3) is 0.500. The number of ether oxygens (including phenoxy) is 1. The fourth-order valence-corrected chi connectivity index (χ4v) is 2.13. The van der Waals surface area contributed by atoms with Gasteiger partial charge in [0.25, 0.3) is 0 Å². The summed E-state index contributed by atoms with van der Waals surface area (Å²) in [6, 6.07) is 3.64. The molecule has 1 aromatic rings. The van der Waals surface area contributed by atoms with Crippen molar-refractivity contribution in [2.24, 2.45) is 5.73 Å². The lowest BCUT2D eigenvalue weighted by atomic mass is 10.3. The summed E-state index contributed by atoms with van der Waals surface area (Å²) in [6.45, 7) is 3.92. The van der Waals surface area contributed by atoms with E-state index in [9.17, 15) is 0 Å². The molecule has 0 unspecified atom stereocenters. The lowest BCUT2D eigenvalue weighted by Crippen LogP contribution is -2.25. The first kappa shape index (κ1) is 12.3. The second kappa shape index (κ2) is 5.93. The zero-order valence-corrected chi connectivity index (χ0v) is 10.6. The van der Waals surface area contributed by atoms with E-state index < -0.39 is 0 Å². The lowest BCUT2D eigenvalue weighted by Gasteiger charge is -2.15. The quantitative estimate of drug-likeness (QED) is 0.797. The van der Waals surface area contributed by atoms with Crippen LogP contribution in [0.4, 0.5) is 0 Å². The Hall–Kier alpha value is -1.20. The number of aromatic nitrogens is 1. The van der Waals surface area contributed by atoms with Crippen molar-refractivity contribution in [3.63, 3.8) is 0 Å². The Morgan fingerprint density at radius 1 is 1.47 bits per heavy atom. The first-order valence-corrected chi connectivity index (χ1v) is 6.28. The van der Waals surface area contributed by atoms with Gasteiger partial charge in [-0.25, -0.2) is 4.98 Å². The maximum Gasteiger partial charge on any atom is 0.223 e. The Labute approximate surface area is 107 Å². The van der Waals surface area contributed by atoms with E-state index in [4.69, 9.17) is 22.7 Å². The van der Waals surface area contributed by atoms with Gasteiger partial charge in [0.1, 0.15) is 11.6 Å². The maximum absolute atomic E-state index is 5.64. The minimum atomic E-state index is 0.328. The van der Waals surface area contributed by atoms with Crippen molar-refractivity contribution >= 4 is 17.2 Å². The number of nitrogens with two attached hydrogens (primary N) is 1. The summed E-state index contributed by atoms with van der Waals surface area (Å²) in [4.78, 5) is 6.88. The summed E-state index contributed by atoms with van der Waals surface area (Å²) < 4.78 is 5.64. The van der Waals surface area contributed by atoms with Crippen molar-refractivity contribution in [2.45, 2.75) is 12.8 Å². The number of rotatable bonds is 5. The topological polar surface area (TPSA) is 51.4 Å². The Balaban J connectivity index is 1.87. The second-order valence-electron chi connectivity index (χ2n) is 4.12. The predicted molar refractivity (Wildman–Crippen MR) is 71.3 cm³/mol. The number of hydrogen-bond donors (Lipinski definition) is 1. The number of thiocarbonyl (C=S) groups is 1. The molecular weight excluding hydrogens is 234 g/mol. The third kappa shape index (κ3) is 3.38. The monoisotopic (exact) mass is 251 g/mol. The van der Waals surface area contributed by atoms with Crippen LogP contribution in [0.5, 0.6) is 5.88 Å². The van der Waals surface area contributed by atoms with Crippen LogP contribution in [-0.2, 0) is 0 Å². The summed E-state index contributed by atoms with van der Waals surface area (Å²) in [5, 5.41) is 0. The van der Waals surface area contributed by atoms with Gasteiger partial charge in [-0.05, 0) is 38.1 Å². The summed E-state index contributed by atoms with van der Waals surface area (Å²) >= 11 is 4.95. The largest absolute Gasteiger partial charge is 0.476 e. The molecule has 5 heteroatoms. The normalized spacial score (nSPS) is 16.0. The molecule has 0 atom stereocenters. The number of pyridine rings is 1. The molecule has 1 fully saturated rings. The smallest absolute Gasteiger partial charge is 0.223 e. The molecule has 0 bridgehead atoms. The summed E-state index contributed by atoms with van der Waals surface area (Å²) in [6.07, 6.45) is 4.27. The molecule has 17 heavy (non-hydrogen) atoms. The number of likely N-dealkylation sites (tertiary alicyclic amines) is 1. The van der Waals surface area contributed by atoms with E-state index in [0.717, 1.165) is 6.54 Å². The predicted octanol–water partition coefficient (Wildman–Crippen LogP) is 1.19. The standard InChI is InChI=1S/C12H17N3OS/c13-11(17)10-4-3-5-14-12(10)16-9-8-15-6-1-2-7-15/h3-5H,1-2,6-9H2,(H2,13,17). The van der Waals surface area contributed by atoms with E-state index >= 15 is 0 Å². The molecule has 1 aliphatic heterocycles. The number of hydrogen-bond acceptors (Lipinski definition) is 4. The molecule has 0 saturated carbocycles. The van der Waals surface area contributed by atoms with Gasteiger partial charge in [-0.1, -0.05) is 12.2 Å². The molecule has 92 valence electrons. The van der Waals surface area contributed by atoms with E-state index in [2.05, 4.69) is 9.88 Å². The molecule has 0 radical (unpaired) electrons. The zero-order chi connectivity index (χ0) is 12.1. The van der Waals surface area contributed by atoms with Gasteiger partial charge in [-0.15, -0.1) is 0 Å². The molecule has 1 aliphatic rings. The van der Waals surface area contributed by atoms with Crippen molar-refractivity contribution < 1.29 is 4.74 Å². The van der Waals surface area contributed by atoms with Crippen LogP contribution < -0.4 is 10.5 Å². The van der Waals surface area contributed by atoms with E-state index in [1.165, 1.54) is 25.9 Å². The van der Waals surface area contributed by atoms with Crippen LogP contribution >= 0.6 is 12.2 Å². The zero-order valence-electron chi connectivity index (χ0n) is 9.76. The fourth-order valence-electron chi connectivity index (χ4n) is 1.97. The molecule has 4 nitrogen and oxygen atoms in total. The molecule has 2 rings (SSSR count). The summed E-state index contributed by atoms with van der Waals surface area (Å²) in [5.41, 5.74) is 6.32. The Kier molecular flexibility index (Phi) is 4.28. The van der Waals surface area contributed by atoms with Gasteiger partial charge in [-0.2, -0.15) is 0 Å². The van der Waals surface area contributed by atoms with Crippen molar-refractivity contribution in [2.75, 3.05) is 26.2 Å². The lowest BCUT2D eigenvalue weighted by molar-refractivity contribution is 0.231. The van der Waals surface area contributed by atoms with Gasteiger partial charge in [0, 0.05) is 12.7 Å². The third-order valence-corrected chi connectivity index (χ3v) is 3.10. The van der Waals surface area contributed by atoms with Crippen molar-refractivity contribution in [3.05, 3.63) is 23.9 Å². The van der Waals surface area contributed by atoms with Crippen LogP contribution in [0.2, 0.25) is 0 Å². The third-order valence-electron chi connectivity index (χ3n) is 2.88. The number of nitrogens with zero attached hydrogens (tertiary/aromatic N) is 2. The van der Waals surface area contributed by atoms with Gasteiger partial charge in [0.15, 0.2) is 0 Å². The highest BCUT2D eigenvalue weighted by Crippen LogP contribution is 2.14. The highest BCUT2D eigenvalue weighted by molar-refractivity contribution is 7.80. The molecule has 0 aromatic carbocycles. The first-order valence-electron chi connectivity index (χ1n) is 5.87. The minimum absolute atomic E-state index is 0.328. The highest BCUT2D eigenvalue weighted by Gasteiger charge is 2.12. The molecule has 1 saturated heterocycles. The van der Waals surface area contributed by atoms with Crippen molar-refractivity contribution in [1.82, 2.24) is 9.88 Å². The Morgan fingerprint density at radius 3 is 2.94 bits per heavy atom. The molecule has 0 spiro atoms.